The molecule has 0 aliphatic carbocycles. The van der Waals surface area contributed by atoms with Crippen LogP contribution in [0.4, 0.5) is 8.78 Å². The molecule has 0 radical (unpaired) electrons. The maximum Gasteiger partial charge on any atom is 0.387 e. The van der Waals surface area contributed by atoms with Crippen molar-refractivity contribution in [1.82, 2.24) is 10.6 Å². The van der Waals surface area contributed by atoms with Crippen LogP contribution in [0.25, 0.3) is 0 Å². The van der Waals surface area contributed by atoms with Crippen molar-refractivity contribution in [3.8, 4) is 17.2 Å². The first-order chi connectivity index (χ1) is 10.4. The Morgan fingerprint density at radius 2 is 1.77 bits per heavy atom. The third-order valence-corrected chi connectivity index (χ3v) is 2.99. The number of halogens is 2. The van der Waals surface area contributed by atoms with Gasteiger partial charge in [-0.1, -0.05) is 0 Å². The number of hydrogen-bond acceptors (Lipinski definition) is 5. The number of carbonyl (C=O) groups excluding carboxylic acids is 1. The summed E-state index contributed by atoms with van der Waals surface area (Å²) in [6.45, 7) is -0.713. The van der Waals surface area contributed by atoms with Gasteiger partial charge >= 0.3 is 6.61 Å². The lowest BCUT2D eigenvalue weighted by Gasteiger charge is -2.16. The molecule has 0 bridgehead atoms. The summed E-state index contributed by atoms with van der Waals surface area (Å²) in [6, 6.07) is 2.73. The lowest BCUT2D eigenvalue weighted by atomic mass is 10.1. The normalized spacial score (nSPS) is 12.0. The van der Waals surface area contributed by atoms with E-state index in [2.05, 4.69) is 15.4 Å². The van der Waals surface area contributed by atoms with E-state index >= 15 is 0 Å². The van der Waals surface area contributed by atoms with E-state index in [1.165, 1.54) is 26.4 Å². The van der Waals surface area contributed by atoms with E-state index in [0.717, 1.165) is 0 Å². The fourth-order valence-electron chi connectivity index (χ4n) is 1.67. The summed E-state index contributed by atoms with van der Waals surface area (Å²) in [6.07, 6.45) is 0. The Morgan fingerprint density at radius 1 is 1.23 bits per heavy atom. The van der Waals surface area contributed by atoms with E-state index in [0.29, 0.717) is 6.54 Å². The number of methoxy groups -OCH3 is 2. The third kappa shape index (κ3) is 4.73. The molecule has 1 amide bonds. The van der Waals surface area contributed by atoms with Gasteiger partial charge in [0.15, 0.2) is 11.5 Å². The molecule has 0 saturated heterocycles. The first-order valence-electron chi connectivity index (χ1n) is 6.59. The zero-order valence-electron chi connectivity index (χ0n) is 12.9. The van der Waals surface area contributed by atoms with Gasteiger partial charge in [0.05, 0.1) is 14.2 Å². The number of ether oxygens (including phenoxy) is 3. The van der Waals surface area contributed by atoms with Crippen LogP contribution >= 0.6 is 0 Å². The van der Waals surface area contributed by atoms with Crippen molar-refractivity contribution in [2.24, 2.45) is 0 Å². The fraction of sp³-hybridized carbons (Fsp3) is 0.500. The van der Waals surface area contributed by atoms with Gasteiger partial charge in [-0.15, -0.1) is 0 Å². The smallest absolute Gasteiger partial charge is 0.387 e. The van der Waals surface area contributed by atoms with Gasteiger partial charge < -0.3 is 24.8 Å². The fourth-order valence-corrected chi connectivity index (χ4v) is 1.67. The highest BCUT2D eigenvalue weighted by Crippen LogP contribution is 2.39. The number of benzene rings is 1. The van der Waals surface area contributed by atoms with Crippen molar-refractivity contribution >= 4 is 5.91 Å². The summed E-state index contributed by atoms with van der Waals surface area (Å²) >= 11 is 0. The number of carbonyl (C=O) groups is 1. The van der Waals surface area contributed by atoms with Crippen molar-refractivity contribution in [2.45, 2.75) is 19.6 Å². The van der Waals surface area contributed by atoms with Crippen LogP contribution in [0.1, 0.15) is 17.3 Å². The van der Waals surface area contributed by atoms with Crippen LogP contribution in [0, 0.1) is 0 Å². The first kappa shape index (κ1) is 18.0. The summed E-state index contributed by atoms with van der Waals surface area (Å²) in [5.41, 5.74) is 0.221. The van der Waals surface area contributed by atoms with Crippen LogP contribution < -0.4 is 24.8 Å². The summed E-state index contributed by atoms with van der Waals surface area (Å²) in [7, 11) is 4.36. The molecule has 1 rings (SSSR count). The zero-order valence-corrected chi connectivity index (χ0v) is 12.9. The molecule has 0 aromatic heterocycles. The molecule has 1 atom stereocenters. The lowest BCUT2D eigenvalue weighted by molar-refractivity contribution is -0.0526. The molecule has 1 aromatic rings. The van der Waals surface area contributed by atoms with Gasteiger partial charge in [0.25, 0.3) is 5.91 Å². The van der Waals surface area contributed by atoms with Gasteiger partial charge in [0, 0.05) is 18.2 Å². The Morgan fingerprint density at radius 3 is 2.18 bits per heavy atom. The second kappa shape index (κ2) is 8.38. The number of rotatable bonds is 8. The van der Waals surface area contributed by atoms with Crippen LogP contribution in [-0.2, 0) is 0 Å². The van der Waals surface area contributed by atoms with E-state index in [1.54, 1.807) is 7.05 Å². The first-order valence-corrected chi connectivity index (χ1v) is 6.59. The van der Waals surface area contributed by atoms with Crippen LogP contribution in [0.3, 0.4) is 0 Å². The van der Waals surface area contributed by atoms with Crippen LogP contribution in [0.5, 0.6) is 17.2 Å². The monoisotopic (exact) mass is 318 g/mol. The number of amides is 1. The van der Waals surface area contributed by atoms with Crippen molar-refractivity contribution in [2.75, 3.05) is 27.8 Å². The molecular weight excluding hydrogens is 298 g/mol. The van der Waals surface area contributed by atoms with Gasteiger partial charge in [0.1, 0.15) is 0 Å². The van der Waals surface area contributed by atoms with Gasteiger partial charge in [-0.2, -0.15) is 8.78 Å². The van der Waals surface area contributed by atoms with Crippen molar-refractivity contribution in [3.63, 3.8) is 0 Å². The van der Waals surface area contributed by atoms with E-state index in [-0.39, 0.29) is 34.8 Å². The summed E-state index contributed by atoms with van der Waals surface area (Å²) in [4.78, 5) is 12.1. The van der Waals surface area contributed by atoms with E-state index in [9.17, 15) is 13.6 Å². The Balaban J connectivity index is 3.04. The molecule has 2 N–H and O–H groups in total. The van der Waals surface area contributed by atoms with E-state index < -0.39 is 6.61 Å². The molecule has 6 nitrogen and oxygen atoms in total. The molecule has 0 aliphatic heterocycles. The van der Waals surface area contributed by atoms with Crippen molar-refractivity contribution in [1.29, 1.82) is 0 Å². The molecule has 0 saturated carbocycles. The topological polar surface area (TPSA) is 68.8 Å². The second-order valence-electron chi connectivity index (χ2n) is 4.49. The third-order valence-electron chi connectivity index (χ3n) is 2.99. The largest absolute Gasteiger partial charge is 0.493 e. The molecular formula is C14H20F2N2O4. The van der Waals surface area contributed by atoms with Gasteiger partial charge in [-0.25, -0.2) is 0 Å². The van der Waals surface area contributed by atoms with Crippen LogP contribution in [0.15, 0.2) is 12.1 Å². The average Bonchev–Trinajstić information content (AvgIpc) is 2.51. The van der Waals surface area contributed by atoms with Crippen molar-refractivity contribution < 1.29 is 27.8 Å². The second-order valence-corrected chi connectivity index (χ2v) is 4.49. The summed E-state index contributed by atoms with van der Waals surface area (Å²) in [5, 5.41) is 5.69. The van der Waals surface area contributed by atoms with Crippen LogP contribution in [-0.4, -0.2) is 46.4 Å². The number of hydrogen-bond donors (Lipinski definition) is 2. The minimum Gasteiger partial charge on any atom is -0.493 e. The Hall–Kier alpha value is -2.09. The molecule has 124 valence electrons. The number of nitrogens with one attached hydrogen (secondary N) is 2. The predicted molar refractivity (Wildman–Crippen MR) is 77.0 cm³/mol. The average molecular weight is 318 g/mol. The minimum absolute atomic E-state index is 0.00790. The van der Waals surface area contributed by atoms with Gasteiger partial charge in [-0.3, -0.25) is 4.79 Å². The summed E-state index contributed by atoms with van der Waals surface area (Å²) in [5.74, 6) is -0.639. The van der Waals surface area contributed by atoms with E-state index in [4.69, 9.17) is 9.47 Å². The minimum atomic E-state index is -3.03. The molecule has 0 fully saturated rings. The molecule has 1 aromatic carbocycles. The van der Waals surface area contributed by atoms with E-state index in [1.807, 2.05) is 6.92 Å². The predicted octanol–water partition coefficient (Wildman–Crippen LogP) is 1.64. The highest BCUT2D eigenvalue weighted by molar-refractivity contribution is 5.95. The molecule has 0 aliphatic rings. The quantitative estimate of drug-likeness (QED) is 0.763. The Labute approximate surface area is 127 Å². The van der Waals surface area contributed by atoms with Crippen molar-refractivity contribution in [3.05, 3.63) is 17.7 Å². The maximum atomic E-state index is 12.4. The SMILES string of the molecule is CNC(C)CNC(=O)c1cc(OC)c(OC(F)F)c(OC)c1. The Bertz CT molecular complexity index is 487. The highest BCUT2D eigenvalue weighted by atomic mass is 19.3. The Kier molecular flexibility index (Phi) is 6.84. The maximum absolute atomic E-state index is 12.4. The standard InChI is InChI=1S/C14H20F2N2O4/c1-8(17-2)7-18-13(19)9-5-10(20-3)12(22-14(15)16)11(6-9)21-4/h5-6,8,14,17H,7H2,1-4H3,(H,18,19). The van der Waals surface area contributed by atoms with Gasteiger partial charge in [0.2, 0.25) is 5.75 Å². The molecule has 8 heteroatoms. The van der Waals surface area contributed by atoms with Gasteiger partial charge in [-0.05, 0) is 26.1 Å². The zero-order chi connectivity index (χ0) is 16.7. The lowest BCUT2D eigenvalue weighted by Crippen LogP contribution is -2.37. The molecule has 0 heterocycles. The molecule has 0 spiro atoms. The molecule has 1 unspecified atom stereocenters. The number of likely N-dealkylation sites (N-methyl/N-ethyl adjacent to an activating group) is 1. The summed E-state index contributed by atoms with van der Waals surface area (Å²) < 4.78 is 39.3. The number of alkyl halides is 2. The van der Waals surface area contributed by atoms with Crippen LogP contribution in [0.2, 0.25) is 0 Å². The highest BCUT2D eigenvalue weighted by Gasteiger charge is 2.20. The molecule has 22 heavy (non-hydrogen) atoms.